The molecule has 0 bridgehead atoms. The predicted octanol–water partition coefficient (Wildman–Crippen LogP) is 1.43. The summed E-state index contributed by atoms with van der Waals surface area (Å²) in [5.74, 6) is 0.652. The summed E-state index contributed by atoms with van der Waals surface area (Å²) in [6.45, 7) is 0. The van der Waals surface area contributed by atoms with Gasteiger partial charge in [0.15, 0.2) is 0 Å². The average molecular weight is 227 g/mol. The van der Waals surface area contributed by atoms with E-state index in [2.05, 4.69) is 10.1 Å². The van der Waals surface area contributed by atoms with Crippen LogP contribution in [0.15, 0.2) is 30.7 Å². The molecule has 2 aromatic rings. The second kappa shape index (κ2) is 3.69. The van der Waals surface area contributed by atoms with E-state index in [4.69, 9.17) is 11.1 Å². The normalized spacial score (nSPS) is 14.8. The molecule has 5 nitrogen and oxygen atoms in total. The molecule has 0 aliphatic heterocycles. The van der Waals surface area contributed by atoms with Crippen LogP contribution in [-0.2, 0) is 0 Å². The molecule has 0 radical (unpaired) electrons. The number of aromatic nitrogens is 3. The van der Waals surface area contributed by atoms with Crippen LogP contribution >= 0.6 is 0 Å². The third-order valence-electron chi connectivity index (χ3n) is 2.94. The highest BCUT2D eigenvalue weighted by atomic mass is 15.3. The monoisotopic (exact) mass is 227 g/mol. The first-order chi connectivity index (χ1) is 8.25. The number of pyridine rings is 1. The summed E-state index contributed by atoms with van der Waals surface area (Å²) in [4.78, 5) is 4.06. The van der Waals surface area contributed by atoms with Gasteiger partial charge >= 0.3 is 0 Å². The molecule has 1 aliphatic rings. The molecule has 86 valence electrons. The molecule has 5 heteroatoms. The molecule has 0 spiro atoms. The minimum absolute atomic E-state index is 0.0332. The third-order valence-corrected chi connectivity index (χ3v) is 2.94. The van der Waals surface area contributed by atoms with Crippen molar-refractivity contribution in [1.82, 2.24) is 14.8 Å². The molecule has 17 heavy (non-hydrogen) atoms. The van der Waals surface area contributed by atoms with Crippen LogP contribution in [0.3, 0.4) is 0 Å². The van der Waals surface area contributed by atoms with Crippen molar-refractivity contribution in [1.29, 1.82) is 5.41 Å². The second-order valence-corrected chi connectivity index (χ2v) is 4.27. The highest BCUT2D eigenvalue weighted by molar-refractivity contribution is 5.98. The van der Waals surface area contributed by atoms with Gasteiger partial charge in [-0.05, 0) is 25.0 Å². The Hall–Kier alpha value is -2.17. The fourth-order valence-corrected chi connectivity index (χ4v) is 1.87. The van der Waals surface area contributed by atoms with E-state index in [9.17, 15) is 0 Å². The maximum absolute atomic E-state index is 7.54. The van der Waals surface area contributed by atoms with E-state index in [0.717, 1.165) is 11.4 Å². The van der Waals surface area contributed by atoms with Crippen LogP contribution in [0.2, 0.25) is 0 Å². The summed E-state index contributed by atoms with van der Waals surface area (Å²) in [7, 11) is 0. The third kappa shape index (κ3) is 1.80. The Bertz CT molecular complexity index is 568. The fraction of sp³-hybridized carbons (Fsp3) is 0.250. The summed E-state index contributed by atoms with van der Waals surface area (Å²) in [6, 6.07) is 3.75. The minimum atomic E-state index is 0.0332. The lowest BCUT2D eigenvalue weighted by molar-refractivity contribution is 0.831. The summed E-state index contributed by atoms with van der Waals surface area (Å²) in [5, 5.41) is 12.0. The molecule has 1 aliphatic carbocycles. The molecular weight excluding hydrogens is 214 g/mol. The van der Waals surface area contributed by atoms with Gasteiger partial charge in [0.2, 0.25) is 0 Å². The smallest absolute Gasteiger partial charge is 0.125 e. The van der Waals surface area contributed by atoms with Gasteiger partial charge in [0.25, 0.3) is 0 Å². The van der Waals surface area contributed by atoms with Crippen LogP contribution in [0.5, 0.6) is 0 Å². The topological polar surface area (TPSA) is 80.6 Å². The molecule has 0 unspecified atom stereocenters. The van der Waals surface area contributed by atoms with Crippen LogP contribution < -0.4 is 5.73 Å². The molecule has 2 aromatic heterocycles. The van der Waals surface area contributed by atoms with Crippen molar-refractivity contribution in [2.75, 3.05) is 0 Å². The fourth-order valence-electron chi connectivity index (χ4n) is 1.87. The zero-order chi connectivity index (χ0) is 11.8. The van der Waals surface area contributed by atoms with Crippen LogP contribution in [0, 0.1) is 5.41 Å². The molecular formula is C12H13N5. The first-order valence-electron chi connectivity index (χ1n) is 5.60. The molecule has 0 atom stereocenters. The van der Waals surface area contributed by atoms with Crippen molar-refractivity contribution in [3.05, 3.63) is 42.0 Å². The molecule has 1 fully saturated rings. The Morgan fingerprint density at radius 1 is 1.41 bits per heavy atom. The van der Waals surface area contributed by atoms with E-state index in [0.29, 0.717) is 11.5 Å². The van der Waals surface area contributed by atoms with E-state index >= 15 is 0 Å². The zero-order valence-corrected chi connectivity index (χ0v) is 9.30. The lowest BCUT2D eigenvalue weighted by Crippen LogP contribution is -2.15. The van der Waals surface area contributed by atoms with Crippen LogP contribution in [0.25, 0.3) is 5.69 Å². The Kier molecular flexibility index (Phi) is 2.18. The van der Waals surface area contributed by atoms with E-state index < -0.39 is 0 Å². The molecule has 1 saturated carbocycles. The number of nitrogens with two attached hydrogens (primary N) is 1. The van der Waals surface area contributed by atoms with Gasteiger partial charge < -0.3 is 5.73 Å². The van der Waals surface area contributed by atoms with E-state index in [1.54, 1.807) is 23.1 Å². The lowest BCUT2D eigenvalue weighted by atomic mass is 10.2. The Morgan fingerprint density at radius 3 is 2.94 bits per heavy atom. The number of nitrogens with one attached hydrogen (secondary N) is 1. The van der Waals surface area contributed by atoms with Crippen molar-refractivity contribution in [3.8, 4) is 5.69 Å². The maximum atomic E-state index is 7.54. The minimum Gasteiger partial charge on any atom is -0.384 e. The van der Waals surface area contributed by atoms with E-state index in [1.807, 2.05) is 12.3 Å². The van der Waals surface area contributed by atoms with Gasteiger partial charge in [-0.3, -0.25) is 10.4 Å². The number of hydrogen-bond acceptors (Lipinski definition) is 3. The van der Waals surface area contributed by atoms with Gasteiger partial charge in [0, 0.05) is 23.9 Å². The van der Waals surface area contributed by atoms with Gasteiger partial charge in [-0.1, -0.05) is 0 Å². The highest BCUT2D eigenvalue weighted by Crippen LogP contribution is 2.39. The van der Waals surface area contributed by atoms with Crippen molar-refractivity contribution >= 4 is 5.84 Å². The number of rotatable bonds is 3. The SMILES string of the molecule is N=C(N)c1ccncc1-n1ccc(C2CC2)n1. The van der Waals surface area contributed by atoms with Crippen molar-refractivity contribution < 1.29 is 0 Å². The Morgan fingerprint density at radius 2 is 2.24 bits per heavy atom. The number of nitrogen functional groups attached to an aromatic ring is 1. The number of amidine groups is 1. The summed E-state index contributed by atoms with van der Waals surface area (Å²) in [5.41, 5.74) is 8.07. The highest BCUT2D eigenvalue weighted by Gasteiger charge is 2.26. The first kappa shape index (κ1) is 10.0. The molecule has 0 aromatic carbocycles. The van der Waals surface area contributed by atoms with Crippen LogP contribution in [0.4, 0.5) is 0 Å². The summed E-state index contributed by atoms with van der Waals surface area (Å²) in [6.07, 6.45) is 7.66. The van der Waals surface area contributed by atoms with Gasteiger partial charge in [-0.25, -0.2) is 4.68 Å². The number of nitrogens with zero attached hydrogens (tertiary/aromatic N) is 3. The average Bonchev–Trinajstić information content (AvgIpc) is 3.07. The molecule has 2 heterocycles. The predicted molar refractivity (Wildman–Crippen MR) is 64.4 cm³/mol. The second-order valence-electron chi connectivity index (χ2n) is 4.27. The molecule has 3 N–H and O–H groups in total. The molecule has 3 rings (SSSR count). The maximum Gasteiger partial charge on any atom is 0.125 e. The number of hydrogen-bond donors (Lipinski definition) is 2. The van der Waals surface area contributed by atoms with Crippen molar-refractivity contribution in [2.24, 2.45) is 5.73 Å². The summed E-state index contributed by atoms with van der Waals surface area (Å²) >= 11 is 0. The Balaban J connectivity index is 2.04. The van der Waals surface area contributed by atoms with E-state index in [-0.39, 0.29) is 5.84 Å². The largest absolute Gasteiger partial charge is 0.384 e. The van der Waals surface area contributed by atoms with Gasteiger partial charge in [0.1, 0.15) is 5.84 Å². The van der Waals surface area contributed by atoms with Crippen LogP contribution in [-0.4, -0.2) is 20.6 Å². The van der Waals surface area contributed by atoms with Gasteiger partial charge in [-0.15, -0.1) is 0 Å². The van der Waals surface area contributed by atoms with Crippen LogP contribution in [0.1, 0.15) is 30.0 Å². The molecule has 0 saturated heterocycles. The quantitative estimate of drug-likeness (QED) is 0.614. The van der Waals surface area contributed by atoms with Gasteiger partial charge in [0.05, 0.1) is 17.6 Å². The molecule has 0 amide bonds. The van der Waals surface area contributed by atoms with E-state index in [1.165, 1.54) is 12.8 Å². The first-order valence-corrected chi connectivity index (χ1v) is 5.60. The lowest BCUT2D eigenvalue weighted by Gasteiger charge is -2.06. The van der Waals surface area contributed by atoms with Gasteiger partial charge in [-0.2, -0.15) is 5.10 Å². The standard InChI is InChI=1S/C12H13N5/c13-12(14)9-3-5-15-7-11(9)17-6-4-10(16-17)8-1-2-8/h3-8H,1-2H2,(H3,13,14). The summed E-state index contributed by atoms with van der Waals surface area (Å²) < 4.78 is 1.75. The van der Waals surface area contributed by atoms with Crippen molar-refractivity contribution in [2.45, 2.75) is 18.8 Å². The zero-order valence-electron chi connectivity index (χ0n) is 9.30. The van der Waals surface area contributed by atoms with Crippen molar-refractivity contribution in [3.63, 3.8) is 0 Å². The Labute approximate surface area is 98.8 Å².